The summed E-state index contributed by atoms with van der Waals surface area (Å²) in [5, 5.41) is 4.00. The van der Waals surface area contributed by atoms with Crippen LogP contribution in [0.3, 0.4) is 0 Å². The van der Waals surface area contributed by atoms with E-state index in [4.69, 9.17) is 0 Å². The lowest BCUT2D eigenvalue weighted by Crippen LogP contribution is -2.51. The Morgan fingerprint density at radius 3 is 2.36 bits per heavy atom. The number of hydrogen-bond donors (Lipinski definition) is 1. The van der Waals surface area contributed by atoms with Gasteiger partial charge in [-0.2, -0.15) is 0 Å². The topological polar surface area (TPSA) is 65.5 Å². The first-order valence-corrected chi connectivity index (χ1v) is 9.91. The van der Waals surface area contributed by atoms with Crippen LogP contribution in [0.1, 0.15) is 60.4 Å². The maximum atomic E-state index is 12.8. The van der Waals surface area contributed by atoms with Gasteiger partial charge in [-0.3, -0.25) is 14.5 Å². The summed E-state index contributed by atoms with van der Waals surface area (Å²) in [5.74, 6) is 0.478. The fraction of sp³-hybridized carbons (Fsp3) is 0.722. The largest absolute Gasteiger partial charge is 0.353 e. The molecule has 1 aromatic heterocycles. The molecule has 1 aromatic rings. The summed E-state index contributed by atoms with van der Waals surface area (Å²) in [7, 11) is 0. The number of aryl methyl sites for hydroxylation is 1. The van der Waals surface area contributed by atoms with Crippen molar-refractivity contribution in [1.82, 2.24) is 20.1 Å². The van der Waals surface area contributed by atoms with Gasteiger partial charge in [0, 0.05) is 38.1 Å². The molecule has 140 valence electrons. The minimum absolute atomic E-state index is 0.0639. The number of rotatable bonds is 6. The van der Waals surface area contributed by atoms with E-state index in [0.29, 0.717) is 25.6 Å². The second-order valence-corrected chi connectivity index (χ2v) is 8.10. The predicted molar refractivity (Wildman–Crippen MR) is 101 cm³/mol. The van der Waals surface area contributed by atoms with Gasteiger partial charge in [-0.25, -0.2) is 4.98 Å². The van der Waals surface area contributed by atoms with Gasteiger partial charge in [0.1, 0.15) is 4.88 Å². The second-order valence-electron chi connectivity index (χ2n) is 7.07. The van der Waals surface area contributed by atoms with Crippen molar-refractivity contribution in [1.29, 1.82) is 0 Å². The van der Waals surface area contributed by atoms with Gasteiger partial charge in [-0.15, -0.1) is 11.3 Å². The first-order valence-electron chi connectivity index (χ1n) is 9.10. The average molecular weight is 367 g/mol. The molecule has 2 rings (SSSR count). The number of carbonyl (C=O) groups is 2. The van der Waals surface area contributed by atoms with Crippen molar-refractivity contribution in [2.75, 3.05) is 32.7 Å². The van der Waals surface area contributed by atoms with Crippen LogP contribution in [0.15, 0.2) is 0 Å². The smallest absolute Gasteiger partial charge is 0.265 e. The van der Waals surface area contributed by atoms with Gasteiger partial charge in [0.25, 0.3) is 5.91 Å². The van der Waals surface area contributed by atoms with Crippen molar-refractivity contribution in [3.05, 3.63) is 15.6 Å². The summed E-state index contributed by atoms with van der Waals surface area (Å²) < 4.78 is 0. The van der Waals surface area contributed by atoms with Gasteiger partial charge >= 0.3 is 0 Å². The molecular formula is C18H30N4O2S. The van der Waals surface area contributed by atoms with E-state index in [-0.39, 0.29) is 17.9 Å². The molecule has 1 N–H and O–H groups in total. The van der Waals surface area contributed by atoms with Crippen LogP contribution in [0.2, 0.25) is 0 Å². The molecule has 7 heteroatoms. The molecule has 0 saturated carbocycles. The Kier molecular flexibility index (Phi) is 6.95. The Balaban J connectivity index is 1.87. The molecule has 1 atom stereocenters. The maximum Gasteiger partial charge on any atom is 0.265 e. The number of amides is 2. The highest BCUT2D eigenvalue weighted by molar-refractivity contribution is 7.13. The van der Waals surface area contributed by atoms with Crippen LogP contribution in [0.5, 0.6) is 0 Å². The normalized spacial score (nSPS) is 17.0. The van der Waals surface area contributed by atoms with E-state index in [9.17, 15) is 9.59 Å². The van der Waals surface area contributed by atoms with Crippen molar-refractivity contribution in [3.63, 3.8) is 0 Å². The van der Waals surface area contributed by atoms with Gasteiger partial charge < -0.3 is 10.2 Å². The van der Waals surface area contributed by atoms with Gasteiger partial charge in [-0.1, -0.05) is 20.8 Å². The summed E-state index contributed by atoms with van der Waals surface area (Å²) in [5.41, 5.74) is 0.828. The lowest BCUT2D eigenvalue weighted by molar-refractivity contribution is -0.123. The van der Waals surface area contributed by atoms with Crippen molar-refractivity contribution in [2.45, 2.75) is 53.0 Å². The van der Waals surface area contributed by atoms with Crippen LogP contribution in [-0.2, 0) is 4.79 Å². The van der Waals surface area contributed by atoms with Crippen molar-refractivity contribution in [2.24, 2.45) is 0 Å². The molecule has 0 radical (unpaired) electrons. The predicted octanol–water partition coefficient (Wildman–Crippen LogP) is 2.25. The number of aromatic nitrogens is 1. The highest BCUT2D eigenvalue weighted by Crippen LogP contribution is 2.26. The summed E-state index contributed by atoms with van der Waals surface area (Å²) >= 11 is 1.51. The number of nitrogens with zero attached hydrogens (tertiary/aromatic N) is 3. The lowest BCUT2D eigenvalue weighted by Gasteiger charge is -2.34. The monoisotopic (exact) mass is 366 g/mol. The van der Waals surface area contributed by atoms with Crippen molar-refractivity contribution in [3.8, 4) is 0 Å². The number of piperazine rings is 1. The summed E-state index contributed by atoms with van der Waals surface area (Å²) in [6.07, 6.45) is 0.931. The van der Waals surface area contributed by atoms with E-state index < -0.39 is 0 Å². The molecule has 1 saturated heterocycles. The third-order valence-electron chi connectivity index (χ3n) is 4.55. The SMILES string of the molecule is CCC(C)NC(=O)CN1CCN(C(=O)c2sc(C(C)C)nc2C)CC1. The van der Waals surface area contributed by atoms with Gasteiger partial charge in [0.15, 0.2) is 0 Å². The Labute approximate surface area is 154 Å². The Hall–Kier alpha value is -1.47. The van der Waals surface area contributed by atoms with Crippen molar-refractivity contribution < 1.29 is 9.59 Å². The average Bonchev–Trinajstić information content (AvgIpc) is 2.96. The summed E-state index contributed by atoms with van der Waals surface area (Å²) in [4.78, 5) is 34.0. The highest BCUT2D eigenvalue weighted by Gasteiger charge is 2.26. The molecule has 1 aliphatic heterocycles. The van der Waals surface area contributed by atoms with Crippen molar-refractivity contribution >= 4 is 23.2 Å². The molecule has 0 aliphatic carbocycles. The second kappa shape index (κ2) is 8.76. The molecule has 0 bridgehead atoms. The first-order chi connectivity index (χ1) is 11.8. The fourth-order valence-electron chi connectivity index (χ4n) is 2.74. The molecule has 1 aliphatic rings. The van der Waals surface area contributed by atoms with Crippen LogP contribution >= 0.6 is 11.3 Å². The third kappa shape index (κ3) is 5.25. The van der Waals surface area contributed by atoms with Gasteiger partial charge in [-0.05, 0) is 20.3 Å². The lowest BCUT2D eigenvalue weighted by atomic mass is 10.2. The summed E-state index contributed by atoms with van der Waals surface area (Å²) in [6.45, 7) is 13.3. The fourth-order valence-corrected chi connectivity index (χ4v) is 3.78. The zero-order valence-corrected chi connectivity index (χ0v) is 16.8. The Morgan fingerprint density at radius 2 is 1.84 bits per heavy atom. The molecule has 0 aromatic carbocycles. The van der Waals surface area contributed by atoms with Crippen LogP contribution in [0.4, 0.5) is 0 Å². The molecule has 1 unspecified atom stereocenters. The van der Waals surface area contributed by atoms with E-state index in [1.54, 1.807) is 0 Å². The van der Waals surface area contributed by atoms with E-state index in [0.717, 1.165) is 35.1 Å². The number of hydrogen-bond acceptors (Lipinski definition) is 5. The van der Waals surface area contributed by atoms with E-state index in [1.807, 2.05) is 18.7 Å². The molecular weight excluding hydrogens is 336 g/mol. The van der Waals surface area contributed by atoms with E-state index in [2.05, 4.69) is 36.0 Å². The van der Waals surface area contributed by atoms with Crippen LogP contribution < -0.4 is 5.32 Å². The minimum atomic E-state index is 0.0639. The standard InChI is InChI=1S/C18H30N4O2S/c1-6-13(4)19-15(23)11-21-7-9-22(10-8-21)18(24)16-14(5)20-17(25-16)12(2)3/h12-13H,6-11H2,1-5H3,(H,19,23). The van der Waals surface area contributed by atoms with Gasteiger partial charge in [0.2, 0.25) is 5.91 Å². The Morgan fingerprint density at radius 1 is 1.20 bits per heavy atom. The molecule has 2 amide bonds. The summed E-state index contributed by atoms with van der Waals surface area (Å²) in [6, 6.07) is 0.208. The van der Waals surface area contributed by atoms with Crippen LogP contribution in [0.25, 0.3) is 0 Å². The molecule has 2 heterocycles. The van der Waals surface area contributed by atoms with Crippen LogP contribution in [0, 0.1) is 6.92 Å². The third-order valence-corrected chi connectivity index (χ3v) is 5.99. The molecule has 25 heavy (non-hydrogen) atoms. The van der Waals surface area contributed by atoms with E-state index >= 15 is 0 Å². The quantitative estimate of drug-likeness (QED) is 0.839. The Bertz CT molecular complexity index is 606. The highest BCUT2D eigenvalue weighted by atomic mass is 32.1. The maximum absolute atomic E-state index is 12.8. The number of nitrogens with one attached hydrogen (secondary N) is 1. The number of carbonyl (C=O) groups excluding carboxylic acids is 2. The van der Waals surface area contributed by atoms with Crippen LogP contribution in [-0.4, -0.2) is 65.4 Å². The zero-order valence-electron chi connectivity index (χ0n) is 16.0. The zero-order chi connectivity index (χ0) is 18.6. The molecule has 6 nitrogen and oxygen atoms in total. The minimum Gasteiger partial charge on any atom is -0.353 e. The number of thiazole rings is 1. The molecule has 0 spiro atoms. The first kappa shape index (κ1) is 19.8. The van der Waals surface area contributed by atoms with Gasteiger partial charge in [0.05, 0.1) is 17.2 Å². The molecule has 1 fully saturated rings. The van der Waals surface area contributed by atoms with E-state index in [1.165, 1.54) is 11.3 Å².